The summed E-state index contributed by atoms with van der Waals surface area (Å²) in [5.41, 5.74) is 2.62. The number of anilines is 3. The zero-order valence-corrected chi connectivity index (χ0v) is 15.1. The normalized spacial score (nSPS) is 11.2. The van der Waals surface area contributed by atoms with Crippen LogP contribution >= 0.6 is 0 Å². The Kier molecular flexibility index (Phi) is 5.30. The van der Waals surface area contributed by atoms with Crippen molar-refractivity contribution in [2.75, 3.05) is 10.6 Å². The van der Waals surface area contributed by atoms with E-state index >= 15 is 0 Å². The molecule has 0 unspecified atom stereocenters. The Hall–Kier alpha value is -3.42. The van der Waals surface area contributed by atoms with E-state index in [2.05, 4.69) is 20.6 Å². The zero-order valence-electron chi connectivity index (χ0n) is 15.1. The molecule has 5 nitrogen and oxygen atoms in total. The highest BCUT2D eigenvalue weighted by Crippen LogP contribution is 2.29. The van der Waals surface area contributed by atoms with Crippen LogP contribution in [0.5, 0.6) is 0 Å². The summed E-state index contributed by atoms with van der Waals surface area (Å²) in [5.74, 6) is -0.183. The van der Waals surface area contributed by atoms with Gasteiger partial charge in [0.25, 0.3) is 5.91 Å². The molecule has 28 heavy (non-hydrogen) atoms. The lowest BCUT2D eigenvalue weighted by Gasteiger charge is -2.10. The Morgan fingerprint density at radius 1 is 0.964 bits per heavy atom. The van der Waals surface area contributed by atoms with Crippen LogP contribution in [0.25, 0.3) is 0 Å². The lowest BCUT2D eigenvalue weighted by Crippen LogP contribution is -2.13. The predicted octanol–water partition coefficient (Wildman–Crippen LogP) is 5.11. The van der Waals surface area contributed by atoms with E-state index in [-0.39, 0.29) is 11.3 Å². The fraction of sp³-hybridized carbons (Fsp3) is 0.150. The van der Waals surface area contributed by atoms with Crippen LogP contribution in [0.4, 0.5) is 30.5 Å². The average Bonchev–Trinajstić information content (AvgIpc) is 2.65. The van der Waals surface area contributed by atoms with Crippen LogP contribution in [0, 0.1) is 13.8 Å². The van der Waals surface area contributed by atoms with Crippen LogP contribution in [0.1, 0.15) is 27.0 Å². The molecule has 3 aromatic rings. The Labute approximate surface area is 159 Å². The fourth-order valence-corrected chi connectivity index (χ4v) is 2.45. The summed E-state index contributed by atoms with van der Waals surface area (Å²) in [7, 11) is 0. The highest BCUT2D eigenvalue weighted by molar-refractivity contribution is 6.03. The number of nitrogens with zero attached hydrogens (tertiary/aromatic N) is 2. The summed E-state index contributed by atoms with van der Waals surface area (Å²) in [6, 6.07) is 10.1. The number of hydrogen-bond donors (Lipinski definition) is 2. The minimum absolute atomic E-state index is 0.186. The maximum absolute atomic E-state index is 12.6. The van der Waals surface area contributed by atoms with Crippen molar-refractivity contribution >= 4 is 23.2 Å². The first kappa shape index (κ1) is 19.3. The van der Waals surface area contributed by atoms with Crippen LogP contribution in [0.15, 0.2) is 54.9 Å². The molecule has 2 N–H and O–H groups in total. The highest BCUT2D eigenvalue weighted by Gasteiger charge is 2.30. The lowest BCUT2D eigenvalue weighted by atomic mass is 10.1. The van der Waals surface area contributed by atoms with Gasteiger partial charge in [0, 0.05) is 23.8 Å². The monoisotopic (exact) mass is 386 g/mol. The maximum atomic E-state index is 12.6. The Morgan fingerprint density at radius 3 is 2.21 bits per heavy atom. The second-order valence-corrected chi connectivity index (χ2v) is 6.27. The third-order valence-corrected chi connectivity index (χ3v) is 4.02. The predicted molar refractivity (Wildman–Crippen MR) is 101 cm³/mol. The molecule has 1 amide bonds. The zero-order chi connectivity index (χ0) is 20.3. The number of rotatable bonds is 4. The quantitative estimate of drug-likeness (QED) is 0.654. The fourth-order valence-electron chi connectivity index (χ4n) is 2.45. The molecule has 1 heterocycles. The van der Waals surface area contributed by atoms with Crippen molar-refractivity contribution in [2.24, 2.45) is 0 Å². The number of aromatic nitrogens is 2. The molecule has 0 aliphatic carbocycles. The molecular weight excluding hydrogens is 369 g/mol. The lowest BCUT2D eigenvalue weighted by molar-refractivity contribution is -0.137. The van der Waals surface area contributed by atoms with Gasteiger partial charge in [0.15, 0.2) is 0 Å². The first-order valence-electron chi connectivity index (χ1n) is 8.37. The molecule has 0 aliphatic rings. The van der Waals surface area contributed by atoms with Gasteiger partial charge < -0.3 is 10.6 Å². The van der Waals surface area contributed by atoms with Crippen LogP contribution in [-0.4, -0.2) is 15.9 Å². The van der Waals surface area contributed by atoms with Gasteiger partial charge in [-0.05, 0) is 55.3 Å². The van der Waals surface area contributed by atoms with Crippen molar-refractivity contribution in [3.63, 3.8) is 0 Å². The van der Waals surface area contributed by atoms with Crippen LogP contribution in [-0.2, 0) is 6.18 Å². The molecule has 2 aromatic carbocycles. The van der Waals surface area contributed by atoms with E-state index in [0.29, 0.717) is 5.95 Å². The number of benzene rings is 2. The SMILES string of the molecule is Cc1ccc(C)c(Nc2ncc(C(=O)Nc3ccc(C(F)(F)F)cc3)cn2)c1. The first-order valence-corrected chi connectivity index (χ1v) is 8.37. The van der Waals surface area contributed by atoms with Crippen LogP contribution < -0.4 is 10.6 Å². The third-order valence-electron chi connectivity index (χ3n) is 4.02. The van der Waals surface area contributed by atoms with E-state index in [1.807, 2.05) is 32.0 Å². The minimum atomic E-state index is -4.42. The number of carbonyl (C=O) groups excluding carboxylic acids is 1. The van der Waals surface area contributed by atoms with Crippen LogP contribution in [0.3, 0.4) is 0 Å². The summed E-state index contributed by atoms with van der Waals surface area (Å²) in [4.78, 5) is 20.5. The van der Waals surface area contributed by atoms with E-state index in [4.69, 9.17) is 0 Å². The van der Waals surface area contributed by atoms with Crippen LogP contribution in [0.2, 0.25) is 0 Å². The number of carbonyl (C=O) groups is 1. The van der Waals surface area contributed by atoms with Gasteiger partial charge in [-0.15, -0.1) is 0 Å². The number of alkyl halides is 3. The van der Waals surface area contributed by atoms with Gasteiger partial charge in [-0.2, -0.15) is 13.2 Å². The molecular formula is C20H17F3N4O. The first-order chi connectivity index (χ1) is 13.2. The molecule has 0 spiro atoms. The molecule has 0 atom stereocenters. The van der Waals surface area contributed by atoms with Crippen molar-refractivity contribution in [3.8, 4) is 0 Å². The number of aryl methyl sites for hydroxylation is 2. The van der Waals surface area contributed by atoms with E-state index < -0.39 is 17.6 Å². The molecule has 144 valence electrons. The van der Waals surface area contributed by atoms with Gasteiger partial charge in [0.2, 0.25) is 5.95 Å². The molecule has 0 aliphatic heterocycles. The van der Waals surface area contributed by atoms with Crippen molar-refractivity contribution < 1.29 is 18.0 Å². The van der Waals surface area contributed by atoms with Gasteiger partial charge in [-0.1, -0.05) is 12.1 Å². The maximum Gasteiger partial charge on any atom is 0.416 e. The summed E-state index contributed by atoms with van der Waals surface area (Å²) in [6.45, 7) is 3.92. The van der Waals surface area contributed by atoms with Crippen molar-refractivity contribution in [2.45, 2.75) is 20.0 Å². The number of amides is 1. The Balaban J connectivity index is 1.67. The number of halogens is 3. The molecule has 0 bridgehead atoms. The summed E-state index contributed by atoms with van der Waals surface area (Å²) < 4.78 is 37.7. The number of nitrogens with one attached hydrogen (secondary N) is 2. The van der Waals surface area contributed by atoms with Crippen molar-refractivity contribution in [1.82, 2.24) is 9.97 Å². The largest absolute Gasteiger partial charge is 0.416 e. The van der Waals surface area contributed by atoms with Gasteiger partial charge in [-0.3, -0.25) is 4.79 Å². The smallest absolute Gasteiger partial charge is 0.324 e. The molecule has 0 fully saturated rings. The van der Waals surface area contributed by atoms with E-state index in [1.165, 1.54) is 24.5 Å². The highest BCUT2D eigenvalue weighted by atomic mass is 19.4. The molecule has 3 rings (SSSR count). The average molecular weight is 386 g/mol. The second kappa shape index (κ2) is 7.67. The van der Waals surface area contributed by atoms with E-state index in [1.54, 1.807) is 0 Å². The van der Waals surface area contributed by atoms with Gasteiger partial charge >= 0.3 is 6.18 Å². The Bertz CT molecular complexity index is 984. The summed E-state index contributed by atoms with van der Waals surface area (Å²) in [5, 5.41) is 5.60. The van der Waals surface area contributed by atoms with Crippen molar-refractivity contribution in [1.29, 1.82) is 0 Å². The summed E-state index contributed by atoms with van der Waals surface area (Å²) >= 11 is 0. The van der Waals surface area contributed by atoms with Gasteiger partial charge in [0.05, 0.1) is 11.1 Å². The van der Waals surface area contributed by atoms with E-state index in [9.17, 15) is 18.0 Å². The van der Waals surface area contributed by atoms with Gasteiger partial charge in [0.1, 0.15) is 0 Å². The topological polar surface area (TPSA) is 66.9 Å². The van der Waals surface area contributed by atoms with Gasteiger partial charge in [-0.25, -0.2) is 9.97 Å². The standard InChI is InChI=1S/C20H17F3N4O/c1-12-3-4-13(2)17(9-12)27-19-24-10-14(11-25-19)18(28)26-16-7-5-15(6-8-16)20(21,22)23/h3-11H,1-2H3,(H,26,28)(H,24,25,27). The molecule has 0 saturated carbocycles. The molecule has 0 saturated heterocycles. The molecule has 8 heteroatoms. The minimum Gasteiger partial charge on any atom is -0.324 e. The Morgan fingerprint density at radius 2 is 1.61 bits per heavy atom. The summed E-state index contributed by atoms with van der Waals surface area (Å²) in [6.07, 6.45) is -1.73. The molecule has 0 radical (unpaired) electrons. The van der Waals surface area contributed by atoms with E-state index in [0.717, 1.165) is 28.9 Å². The van der Waals surface area contributed by atoms with Crippen molar-refractivity contribution in [3.05, 3.63) is 77.1 Å². The second-order valence-electron chi connectivity index (χ2n) is 6.27. The third kappa shape index (κ3) is 4.64. The number of hydrogen-bond acceptors (Lipinski definition) is 4. The molecule has 1 aromatic heterocycles.